The molecule has 25 heavy (non-hydrogen) atoms. The zero-order valence-corrected chi connectivity index (χ0v) is 18.9. The molecule has 1 heterocycles. The van der Waals surface area contributed by atoms with Crippen LogP contribution in [0.2, 0.25) is 0 Å². The largest absolute Gasteiger partial charge is 0.444 e. The van der Waals surface area contributed by atoms with E-state index in [2.05, 4.69) is 27.1 Å². The predicted molar refractivity (Wildman–Crippen MR) is 116 cm³/mol. The maximum atomic E-state index is 12.1. The first kappa shape index (κ1) is 24.0. The van der Waals surface area contributed by atoms with E-state index in [0.717, 1.165) is 12.5 Å². The van der Waals surface area contributed by atoms with Crippen molar-refractivity contribution in [3.8, 4) is 0 Å². The molecular formula is C17H31IN4O2S. The molecule has 0 atom stereocenters. The molecule has 0 spiro atoms. The highest BCUT2D eigenvalue weighted by atomic mass is 127. The standard InChI is InChI=1S/C17H30N4O2S.HI/c1-6-18-15(20-12-14-8-11-24-13-14)19-9-10-21(7-2)16(22)23-17(3,4)5;/h8,11,13H,6-7,9-10,12H2,1-5H3,(H2,18,19,20);1H. The van der Waals surface area contributed by atoms with E-state index in [9.17, 15) is 4.79 Å². The van der Waals surface area contributed by atoms with Crippen molar-refractivity contribution in [2.45, 2.75) is 46.8 Å². The molecule has 144 valence electrons. The first-order valence-corrected chi connectivity index (χ1v) is 9.31. The maximum Gasteiger partial charge on any atom is 0.410 e. The zero-order chi connectivity index (χ0) is 18.0. The molecule has 0 fully saturated rings. The molecular weight excluding hydrogens is 451 g/mol. The van der Waals surface area contributed by atoms with E-state index in [1.54, 1.807) is 16.2 Å². The molecule has 1 amide bonds. The monoisotopic (exact) mass is 482 g/mol. The summed E-state index contributed by atoms with van der Waals surface area (Å²) in [4.78, 5) is 18.3. The van der Waals surface area contributed by atoms with E-state index in [0.29, 0.717) is 26.2 Å². The van der Waals surface area contributed by atoms with Crippen LogP contribution in [0.5, 0.6) is 0 Å². The predicted octanol–water partition coefficient (Wildman–Crippen LogP) is 3.68. The number of amides is 1. The van der Waals surface area contributed by atoms with Gasteiger partial charge in [0.2, 0.25) is 0 Å². The van der Waals surface area contributed by atoms with Crippen LogP contribution in [0, 0.1) is 0 Å². The SMILES string of the molecule is CCNC(=NCc1ccsc1)NCCN(CC)C(=O)OC(C)(C)C.I. The summed E-state index contributed by atoms with van der Waals surface area (Å²) in [5.41, 5.74) is 0.718. The normalized spacial score (nSPS) is 11.5. The number of halogens is 1. The Morgan fingerprint density at radius 1 is 1.32 bits per heavy atom. The molecule has 6 nitrogen and oxygen atoms in total. The Morgan fingerprint density at radius 2 is 2.04 bits per heavy atom. The van der Waals surface area contributed by atoms with Crippen molar-refractivity contribution in [1.29, 1.82) is 0 Å². The van der Waals surface area contributed by atoms with E-state index < -0.39 is 5.60 Å². The van der Waals surface area contributed by atoms with Gasteiger partial charge in [0.15, 0.2) is 5.96 Å². The minimum absolute atomic E-state index is 0. The van der Waals surface area contributed by atoms with E-state index in [-0.39, 0.29) is 30.1 Å². The minimum Gasteiger partial charge on any atom is -0.444 e. The minimum atomic E-state index is -0.477. The number of guanidine groups is 1. The van der Waals surface area contributed by atoms with Crippen molar-refractivity contribution >= 4 is 47.4 Å². The van der Waals surface area contributed by atoms with E-state index >= 15 is 0 Å². The average Bonchev–Trinajstić information content (AvgIpc) is 3.00. The summed E-state index contributed by atoms with van der Waals surface area (Å²) >= 11 is 1.67. The molecule has 0 aliphatic heterocycles. The van der Waals surface area contributed by atoms with Crippen molar-refractivity contribution in [1.82, 2.24) is 15.5 Å². The fourth-order valence-electron chi connectivity index (χ4n) is 1.91. The topological polar surface area (TPSA) is 66.0 Å². The van der Waals surface area contributed by atoms with Gasteiger partial charge in [0, 0.05) is 26.2 Å². The molecule has 0 bridgehead atoms. The van der Waals surface area contributed by atoms with Crippen molar-refractivity contribution in [3.05, 3.63) is 22.4 Å². The van der Waals surface area contributed by atoms with Crippen LogP contribution in [-0.2, 0) is 11.3 Å². The van der Waals surface area contributed by atoms with Gasteiger partial charge in [0.1, 0.15) is 5.60 Å². The molecule has 0 saturated carbocycles. The molecule has 1 aromatic heterocycles. The summed E-state index contributed by atoms with van der Waals surface area (Å²) in [6, 6.07) is 2.07. The highest BCUT2D eigenvalue weighted by molar-refractivity contribution is 14.0. The number of thiophene rings is 1. The Balaban J connectivity index is 0.00000576. The maximum absolute atomic E-state index is 12.1. The third kappa shape index (κ3) is 10.5. The van der Waals surface area contributed by atoms with Crippen LogP contribution in [0.15, 0.2) is 21.8 Å². The molecule has 0 radical (unpaired) electrons. The third-order valence-corrected chi connectivity index (χ3v) is 3.78. The second-order valence-electron chi connectivity index (χ2n) is 6.31. The Hall–Kier alpha value is -1.03. The number of likely N-dealkylation sites (N-methyl/N-ethyl adjacent to an activating group) is 1. The number of nitrogens with one attached hydrogen (secondary N) is 2. The molecule has 0 aliphatic carbocycles. The molecule has 1 rings (SSSR count). The van der Waals surface area contributed by atoms with Gasteiger partial charge in [-0.25, -0.2) is 9.79 Å². The van der Waals surface area contributed by atoms with Crippen molar-refractivity contribution in [2.75, 3.05) is 26.2 Å². The fraction of sp³-hybridized carbons (Fsp3) is 0.647. The summed E-state index contributed by atoms with van der Waals surface area (Å²) in [5, 5.41) is 10.6. The number of rotatable bonds is 7. The Bertz CT molecular complexity index is 515. The lowest BCUT2D eigenvalue weighted by atomic mass is 10.2. The fourth-order valence-corrected chi connectivity index (χ4v) is 2.57. The van der Waals surface area contributed by atoms with Crippen LogP contribution in [0.4, 0.5) is 4.79 Å². The van der Waals surface area contributed by atoms with Crippen LogP contribution in [0.3, 0.4) is 0 Å². The van der Waals surface area contributed by atoms with E-state index in [4.69, 9.17) is 4.74 Å². The highest BCUT2D eigenvalue weighted by Gasteiger charge is 2.20. The van der Waals surface area contributed by atoms with E-state index in [1.165, 1.54) is 5.56 Å². The second-order valence-corrected chi connectivity index (χ2v) is 7.09. The number of ether oxygens (including phenoxy) is 1. The number of hydrogen-bond donors (Lipinski definition) is 2. The van der Waals surface area contributed by atoms with Gasteiger partial charge in [-0.2, -0.15) is 11.3 Å². The number of aliphatic imine (C=N–C) groups is 1. The smallest absolute Gasteiger partial charge is 0.410 e. The Kier molecular flexibility index (Phi) is 11.8. The number of carbonyl (C=O) groups is 1. The van der Waals surface area contributed by atoms with Gasteiger partial charge in [0.05, 0.1) is 6.54 Å². The first-order chi connectivity index (χ1) is 11.4. The quantitative estimate of drug-likeness (QED) is 0.354. The first-order valence-electron chi connectivity index (χ1n) is 8.37. The van der Waals surface area contributed by atoms with Gasteiger partial charge in [-0.1, -0.05) is 0 Å². The second kappa shape index (κ2) is 12.3. The van der Waals surface area contributed by atoms with Crippen LogP contribution in [0.1, 0.15) is 40.2 Å². The van der Waals surface area contributed by atoms with Crippen molar-refractivity contribution < 1.29 is 9.53 Å². The molecule has 1 aromatic rings. The molecule has 8 heteroatoms. The molecule has 0 aliphatic rings. The van der Waals surface area contributed by atoms with Crippen LogP contribution in [0.25, 0.3) is 0 Å². The molecule has 0 aromatic carbocycles. The zero-order valence-electron chi connectivity index (χ0n) is 15.8. The number of nitrogens with zero attached hydrogens (tertiary/aromatic N) is 2. The third-order valence-electron chi connectivity index (χ3n) is 3.05. The van der Waals surface area contributed by atoms with Gasteiger partial charge in [-0.05, 0) is 57.0 Å². The van der Waals surface area contributed by atoms with Crippen molar-refractivity contribution in [3.63, 3.8) is 0 Å². The van der Waals surface area contributed by atoms with Crippen LogP contribution < -0.4 is 10.6 Å². The summed E-state index contributed by atoms with van der Waals surface area (Å²) in [6.07, 6.45) is -0.285. The molecule has 0 unspecified atom stereocenters. The summed E-state index contributed by atoms with van der Waals surface area (Å²) < 4.78 is 5.41. The average molecular weight is 482 g/mol. The van der Waals surface area contributed by atoms with E-state index in [1.807, 2.05) is 40.0 Å². The Morgan fingerprint density at radius 3 is 2.56 bits per heavy atom. The highest BCUT2D eigenvalue weighted by Crippen LogP contribution is 2.09. The Labute approximate surface area is 172 Å². The van der Waals surface area contributed by atoms with Gasteiger partial charge >= 0.3 is 6.09 Å². The van der Waals surface area contributed by atoms with Crippen LogP contribution in [-0.4, -0.2) is 48.7 Å². The lowest BCUT2D eigenvalue weighted by Crippen LogP contribution is -2.44. The summed E-state index contributed by atoms with van der Waals surface area (Å²) in [7, 11) is 0. The summed E-state index contributed by atoms with van der Waals surface area (Å²) in [6.45, 7) is 12.8. The van der Waals surface area contributed by atoms with Gasteiger partial charge < -0.3 is 20.3 Å². The summed E-state index contributed by atoms with van der Waals surface area (Å²) in [5.74, 6) is 0.754. The molecule has 2 N–H and O–H groups in total. The number of hydrogen-bond acceptors (Lipinski definition) is 4. The lowest BCUT2D eigenvalue weighted by molar-refractivity contribution is 0.0264. The van der Waals surface area contributed by atoms with Gasteiger partial charge in [0.25, 0.3) is 0 Å². The lowest BCUT2D eigenvalue weighted by Gasteiger charge is -2.26. The van der Waals surface area contributed by atoms with Crippen molar-refractivity contribution in [2.24, 2.45) is 4.99 Å². The van der Waals surface area contributed by atoms with Crippen LogP contribution >= 0.6 is 35.3 Å². The van der Waals surface area contributed by atoms with Gasteiger partial charge in [-0.3, -0.25) is 0 Å². The number of carbonyl (C=O) groups excluding carboxylic acids is 1. The van der Waals surface area contributed by atoms with Gasteiger partial charge in [-0.15, -0.1) is 24.0 Å². The molecule has 0 saturated heterocycles.